The molecule has 0 radical (unpaired) electrons. The summed E-state index contributed by atoms with van der Waals surface area (Å²) < 4.78 is 0.687. The van der Waals surface area contributed by atoms with E-state index in [1.165, 1.54) is 12.1 Å². The molecule has 0 heterocycles. The monoisotopic (exact) mass is 230 g/mol. The minimum absolute atomic E-state index is 0.0320. The van der Waals surface area contributed by atoms with Crippen LogP contribution in [-0.4, -0.2) is 16.0 Å². The van der Waals surface area contributed by atoms with E-state index in [4.69, 9.17) is 5.11 Å². The molecular weight excluding hydrogens is 227 g/mol. The molecule has 0 aliphatic carbocycles. The van der Waals surface area contributed by atoms with Crippen molar-refractivity contribution in [2.24, 2.45) is 0 Å². The van der Waals surface area contributed by atoms with Crippen molar-refractivity contribution in [3.63, 3.8) is 0 Å². The topological polar surface area (TPSA) is 80.4 Å². The van der Waals surface area contributed by atoms with E-state index in [0.29, 0.717) is 22.5 Å². The van der Waals surface area contributed by atoms with Crippen LogP contribution in [0.4, 0.5) is 5.69 Å². The van der Waals surface area contributed by atoms with Crippen LogP contribution < -0.4 is 4.16 Å². The van der Waals surface area contributed by atoms with Gasteiger partial charge >= 0.3 is 82.8 Å². The number of benzene rings is 1. The molecule has 0 aliphatic heterocycles. The van der Waals surface area contributed by atoms with Crippen molar-refractivity contribution >= 4 is 15.8 Å². The van der Waals surface area contributed by atoms with Gasteiger partial charge in [-0.05, 0) is 0 Å². The van der Waals surface area contributed by atoms with Crippen molar-refractivity contribution in [1.82, 2.24) is 0 Å². The first-order valence-electron chi connectivity index (χ1n) is 3.35. The second-order valence-corrected chi connectivity index (χ2v) is 4.16. The molecule has 13 heavy (non-hydrogen) atoms. The normalized spacial score (nSPS) is 9.69. The molecule has 0 aliphatic rings. The maximum atomic E-state index is 10.5. The van der Waals surface area contributed by atoms with Crippen LogP contribution in [0.5, 0.6) is 0 Å². The van der Waals surface area contributed by atoms with Gasteiger partial charge in [-0.15, -0.1) is 0 Å². The van der Waals surface area contributed by atoms with Crippen LogP contribution in [0.15, 0.2) is 18.2 Å². The molecule has 63 valence electrons. The van der Waals surface area contributed by atoms with Crippen molar-refractivity contribution in [2.45, 2.75) is 0 Å². The fourth-order valence-corrected chi connectivity index (χ4v) is 1.80. The van der Waals surface area contributed by atoms with Crippen molar-refractivity contribution in [3.05, 3.63) is 33.9 Å². The number of hydrogen-bond acceptors (Lipinski definition) is 3. The Morgan fingerprint density at radius 2 is 2.08 bits per heavy atom. The molecule has 0 fully saturated rings. The van der Waals surface area contributed by atoms with Gasteiger partial charge in [0.25, 0.3) is 0 Å². The summed E-state index contributed by atoms with van der Waals surface area (Å²) in [5.41, 5.74) is -0.198. The fraction of sp³-hybridized carbons (Fsp3) is 0. The van der Waals surface area contributed by atoms with Gasteiger partial charge in [-0.25, -0.2) is 0 Å². The van der Waals surface area contributed by atoms with Crippen LogP contribution in [0.2, 0.25) is 0 Å². The molecule has 0 saturated carbocycles. The van der Waals surface area contributed by atoms with E-state index in [1.54, 1.807) is 0 Å². The Morgan fingerprint density at radius 3 is 2.54 bits per heavy atom. The first kappa shape index (κ1) is 9.80. The molecule has 1 rings (SSSR count). The summed E-state index contributed by atoms with van der Waals surface area (Å²) in [5, 5.41) is 19.0. The maximum absolute atomic E-state index is 10.5. The summed E-state index contributed by atoms with van der Waals surface area (Å²) in [4.78, 5) is 20.3. The molecule has 1 aromatic rings. The Morgan fingerprint density at radius 1 is 1.46 bits per heavy atom. The van der Waals surface area contributed by atoms with Gasteiger partial charge in [-0.2, -0.15) is 0 Å². The molecule has 6 heteroatoms. The Balaban J connectivity index is 3.26. The van der Waals surface area contributed by atoms with Gasteiger partial charge in [0.2, 0.25) is 0 Å². The molecule has 0 aromatic heterocycles. The Kier molecular flexibility index (Phi) is 2.73. The molecule has 1 aromatic carbocycles. The second-order valence-electron chi connectivity index (χ2n) is 2.45. The second kappa shape index (κ2) is 3.62. The average molecular weight is 232 g/mol. The molecule has 0 unspecified atom stereocenters. The predicted octanol–water partition coefficient (Wildman–Crippen LogP) is 0.465. The molecule has 5 nitrogen and oxygen atoms in total. The SMILES string of the molecule is O=C(O)c1c[c]([Zn])cc([N+](=O)[O-])c1. The quantitative estimate of drug-likeness (QED) is 0.456. The Bertz CT molecular complexity index is 345. The van der Waals surface area contributed by atoms with Crippen LogP contribution in [0.3, 0.4) is 0 Å². The molecule has 0 bridgehead atoms. The van der Waals surface area contributed by atoms with E-state index in [1.807, 2.05) is 0 Å². The third-order valence-corrected chi connectivity index (χ3v) is 2.29. The van der Waals surface area contributed by atoms with Gasteiger partial charge in [-0.3, -0.25) is 0 Å². The first-order chi connectivity index (χ1) is 6.00. The van der Waals surface area contributed by atoms with E-state index in [9.17, 15) is 14.9 Å². The van der Waals surface area contributed by atoms with E-state index in [0.717, 1.165) is 6.07 Å². The Hall–Kier alpha value is -1.29. The molecular formula is C7H4NO4Zn. The van der Waals surface area contributed by atoms with E-state index in [-0.39, 0.29) is 11.3 Å². The summed E-state index contributed by atoms with van der Waals surface area (Å²) >= 11 is 0.696. The van der Waals surface area contributed by atoms with Crippen LogP contribution in [0.1, 0.15) is 10.4 Å². The van der Waals surface area contributed by atoms with E-state index >= 15 is 0 Å². The van der Waals surface area contributed by atoms with Crippen molar-refractivity contribution < 1.29 is 33.1 Å². The van der Waals surface area contributed by atoms with Crippen LogP contribution in [0.25, 0.3) is 0 Å². The summed E-state index contributed by atoms with van der Waals surface area (Å²) in [5.74, 6) is -1.14. The number of nitrogens with zero attached hydrogens (tertiary/aromatic N) is 1. The molecule has 1 N–H and O–H groups in total. The average Bonchev–Trinajstić information content (AvgIpc) is 2.03. The minimum atomic E-state index is -1.14. The number of carboxylic acid groups (broad SMARTS) is 1. The summed E-state index contributed by atoms with van der Waals surface area (Å²) in [6.07, 6.45) is 0. The third kappa shape index (κ3) is 2.32. The van der Waals surface area contributed by atoms with Gasteiger partial charge in [0, 0.05) is 0 Å². The van der Waals surface area contributed by atoms with Gasteiger partial charge in [-0.1, -0.05) is 0 Å². The van der Waals surface area contributed by atoms with E-state index < -0.39 is 10.9 Å². The zero-order chi connectivity index (χ0) is 10.0. The van der Waals surface area contributed by atoms with Crippen molar-refractivity contribution in [1.29, 1.82) is 0 Å². The number of rotatable bonds is 2. The summed E-state index contributed by atoms with van der Waals surface area (Å²) in [7, 11) is 0. The number of nitro benzene ring substituents is 1. The van der Waals surface area contributed by atoms with Gasteiger partial charge in [0.15, 0.2) is 0 Å². The van der Waals surface area contributed by atoms with Crippen LogP contribution in [-0.2, 0) is 18.3 Å². The fourth-order valence-electron chi connectivity index (χ4n) is 0.903. The van der Waals surface area contributed by atoms with Crippen molar-refractivity contribution in [3.8, 4) is 0 Å². The molecule has 0 amide bonds. The summed E-state index contributed by atoms with van der Waals surface area (Å²) in [6.45, 7) is 0. The number of carboxylic acids is 1. The number of non-ortho nitro benzene ring substituents is 1. The van der Waals surface area contributed by atoms with Gasteiger partial charge in [0.1, 0.15) is 0 Å². The van der Waals surface area contributed by atoms with Crippen LogP contribution >= 0.6 is 0 Å². The third-order valence-electron chi connectivity index (χ3n) is 1.44. The Labute approximate surface area is 83.2 Å². The zero-order valence-electron chi connectivity index (χ0n) is 6.56. The number of carbonyl (C=O) groups is 1. The number of hydrogen-bond donors (Lipinski definition) is 1. The van der Waals surface area contributed by atoms with Gasteiger partial charge in [0.05, 0.1) is 0 Å². The number of nitro groups is 1. The van der Waals surface area contributed by atoms with E-state index in [2.05, 4.69) is 0 Å². The first-order valence-corrected chi connectivity index (χ1v) is 4.84. The number of aromatic carboxylic acids is 1. The van der Waals surface area contributed by atoms with Crippen LogP contribution in [0, 0.1) is 10.1 Å². The van der Waals surface area contributed by atoms with Crippen molar-refractivity contribution in [2.75, 3.05) is 0 Å². The molecule has 0 spiro atoms. The standard InChI is InChI=1S/C7H4NO4.Zn/c9-7(10)5-2-1-3-6(4-5)8(11)12;/h2-4H,(H,9,10);. The predicted molar refractivity (Wildman–Crippen MR) is 39.7 cm³/mol. The van der Waals surface area contributed by atoms with Gasteiger partial charge < -0.3 is 0 Å². The molecule has 0 saturated heterocycles. The summed E-state index contributed by atoms with van der Waals surface area (Å²) in [6, 6.07) is 3.88. The molecule has 0 atom stereocenters. The zero-order valence-corrected chi connectivity index (χ0v) is 9.53.